The van der Waals surface area contributed by atoms with E-state index in [1.165, 1.54) is 0 Å². The van der Waals surface area contributed by atoms with E-state index >= 15 is 0 Å². The third-order valence-electron chi connectivity index (χ3n) is 2.99. The van der Waals surface area contributed by atoms with Crippen molar-refractivity contribution in [2.75, 3.05) is 13.2 Å². The van der Waals surface area contributed by atoms with Crippen LogP contribution in [0, 0.1) is 0 Å². The van der Waals surface area contributed by atoms with E-state index < -0.39 is 32.4 Å². The fourth-order valence-electron chi connectivity index (χ4n) is 1.87. The number of ether oxygens (including phenoxy) is 1. The molecule has 8 heteroatoms. The standard InChI is InChI=1S/C11H15NO6S/c1-11(5-2-6-17-11)7-12-19(15,16)9-4-3-8(18-9)10(13)14/h3-4,12H,2,5-7H2,1H3,(H,13,14). The van der Waals surface area contributed by atoms with Gasteiger partial charge in [-0.1, -0.05) is 0 Å². The number of hydrogen-bond donors (Lipinski definition) is 2. The molecule has 1 aromatic rings. The van der Waals surface area contributed by atoms with Crippen LogP contribution in [0.2, 0.25) is 0 Å². The monoisotopic (exact) mass is 289 g/mol. The molecule has 1 unspecified atom stereocenters. The first-order valence-corrected chi connectivity index (χ1v) is 7.27. The van der Waals surface area contributed by atoms with E-state index in [1.54, 1.807) is 0 Å². The summed E-state index contributed by atoms with van der Waals surface area (Å²) < 4.78 is 36.4. The minimum Gasteiger partial charge on any atom is -0.475 e. The molecular formula is C11H15NO6S. The summed E-state index contributed by atoms with van der Waals surface area (Å²) in [5, 5.41) is 8.27. The van der Waals surface area contributed by atoms with Gasteiger partial charge in [-0.05, 0) is 31.9 Å². The maximum absolute atomic E-state index is 11.9. The zero-order chi connectivity index (χ0) is 14.1. The van der Waals surface area contributed by atoms with Crippen molar-refractivity contribution in [2.24, 2.45) is 0 Å². The van der Waals surface area contributed by atoms with Gasteiger partial charge in [0, 0.05) is 13.2 Å². The average Bonchev–Trinajstić information content (AvgIpc) is 2.96. The normalized spacial score (nSPS) is 23.6. The largest absolute Gasteiger partial charge is 0.475 e. The zero-order valence-electron chi connectivity index (χ0n) is 10.4. The molecule has 1 fully saturated rings. The lowest BCUT2D eigenvalue weighted by molar-refractivity contribution is 0.0250. The molecule has 0 radical (unpaired) electrons. The fraction of sp³-hybridized carbons (Fsp3) is 0.545. The number of nitrogens with one attached hydrogen (secondary N) is 1. The molecule has 7 nitrogen and oxygen atoms in total. The topological polar surface area (TPSA) is 106 Å². The highest BCUT2D eigenvalue weighted by molar-refractivity contribution is 7.89. The number of furan rings is 1. The van der Waals surface area contributed by atoms with Crippen LogP contribution in [0.25, 0.3) is 0 Å². The van der Waals surface area contributed by atoms with Crippen molar-refractivity contribution >= 4 is 16.0 Å². The highest BCUT2D eigenvalue weighted by Gasteiger charge is 2.32. The molecule has 2 heterocycles. The van der Waals surface area contributed by atoms with Gasteiger partial charge in [-0.25, -0.2) is 17.9 Å². The molecule has 1 aromatic heterocycles. The van der Waals surface area contributed by atoms with Crippen molar-refractivity contribution in [1.29, 1.82) is 0 Å². The van der Waals surface area contributed by atoms with Crippen molar-refractivity contribution in [3.8, 4) is 0 Å². The summed E-state index contributed by atoms with van der Waals surface area (Å²) in [5.74, 6) is -1.73. The van der Waals surface area contributed by atoms with E-state index in [0.717, 1.165) is 25.0 Å². The molecule has 0 saturated carbocycles. The summed E-state index contributed by atoms with van der Waals surface area (Å²) >= 11 is 0. The van der Waals surface area contributed by atoms with Gasteiger partial charge in [0.15, 0.2) is 0 Å². The van der Waals surface area contributed by atoms with E-state index in [9.17, 15) is 13.2 Å². The molecule has 0 bridgehead atoms. The molecule has 2 N–H and O–H groups in total. The number of carboxylic acids is 1. The van der Waals surface area contributed by atoms with Gasteiger partial charge in [0.1, 0.15) is 0 Å². The Morgan fingerprint density at radius 3 is 2.79 bits per heavy atom. The number of carbonyl (C=O) groups is 1. The van der Waals surface area contributed by atoms with Crippen LogP contribution in [0.4, 0.5) is 0 Å². The lowest BCUT2D eigenvalue weighted by Crippen LogP contribution is -2.39. The smallest absolute Gasteiger partial charge is 0.371 e. The highest BCUT2D eigenvalue weighted by atomic mass is 32.2. The Bertz CT molecular complexity index is 570. The summed E-state index contributed by atoms with van der Waals surface area (Å²) in [4.78, 5) is 10.6. The summed E-state index contributed by atoms with van der Waals surface area (Å²) in [6.07, 6.45) is 1.66. The minimum absolute atomic E-state index is 0.123. The molecule has 0 spiro atoms. The number of rotatable bonds is 5. The van der Waals surface area contributed by atoms with Crippen molar-refractivity contribution in [2.45, 2.75) is 30.5 Å². The molecule has 2 rings (SSSR count). The molecule has 0 aromatic carbocycles. The summed E-state index contributed by atoms with van der Waals surface area (Å²) in [6, 6.07) is 2.22. The molecule has 106 valence electrons. The molecule has 1 aliphatic rings. The third kappa shape index (κ3) is 3.14. The van der Waals surface area contributed by atoms with Gasteiger partial charge < -0.3 is 14.3 Å². The lowest BCUT2D eigenvalue weighted by atomic mass is 10.0. The molecule has 0 amide bonds. The molecule has 19 heavy (non-hydrogen) atoms. The van der Waals surface area contributed by atoms with Crippen LogP contribution >= 0.6 is 0 Å². The lowest BCUT2D eigenvalue weighted by Gasteiger charge is -2.22. The van der Waals surface area contributed by atoms with E-state index in [4.69, 9.17) is 14.3 Å². The van der Waals surface area contributed by atoms with Crippen LogP contribution in [-0.2, 0) is 14.8 Å². The molecule has 1 saturated heterocycles. The van der Waals surface area contributed by atoms with E-state index in [-0.39, 0.29) is 6.54 Å². The Morgan fingerprint density at radius 2 is 2.26 bits per heavy atom. The molecule has 0 aliphatic carbocycles. The zero-order valence-corrected chi connectivity index (χ0v) is 11.2. The predicted molar refractivity (Wildman–Crippen MR) is 64.4 cm³/mol. The third-order valence-corrected chi connectivity index (χ3v) is 4.27. The van der Waals surface area contributed by atoms with Crippen molar-refractivity contribution in [1.82, 2.24) is 4.72 Å². The van der Waals surface area contributed by atoms with Gasteiger partial charge in [0.2, 0.25) is 10.9 Å². The molecule has 1 aliphatic heterocycles. The quantitative estimate of drug-likeness (QED) is 0.831. The highest BCUT2D eigenvalue weighted by Crippen LogP contribution is 2.24. The second-order valence-electron chi connectivity index (χ2n) is 4.65. The van der Waals surface area contributed by atoms with Gasteiger partial charge in [-0.2, -0.15) is 0 Å². The molecule has 1 atom stereocenters. The van der Waals surface area contributed by atoms with Crippen LogP contribution in [0.3, 0.4) is 0 Å². The maximum Gasteiger partial charge on any atom is 0.371 e. The van der Waals surface area contributed by atoms with E-state index in [1.807, 2.05) is 6.92 Å². The first kappa shape index (κ1) is 14.0. The van der Waals surface area contributed by atoms with Gasteiger partial charge >= 0.3 is 5.97 Å². The van der Waals surface area contributed by atoms with E-state index in [2.05, 4.69) is 4.72 Å². The van der Waals surface area contributed by atoms with Gasteiger partial charge in [0.25, 0.3) is 10.0 Å². The Balaban J connectivity index is 2.07. The first-order valence-electron chi connectivity index (χ1n) is 5.79. The van der Waals surface area contributed by atoms with Crippen LogP contribution in [0.1, 0.15) is 30.3 Å². The Labute approximate surface area is 110 Å². The van der Waals surface area contributed by atoms with Crippen molar-refractivity contribution in [3.63, 3.8) is 0 Å². The van der Waals surface area contributed by atoms with Crippen LogP contribution < -0.4 is 4.72 Å². The van der Waals surface area contributed by atoms with Crippen LogP contribution in [0.15, 0.2) is 21.6 Å². The number of sulfonamides is 1. The summed E-state index contributed by atoms with van der Waals surface area (Å²) in [7, 11) is -3.86. The van der Waals surface area contributed by atoms with E-state index in [0.29, 0.717) is 6.61 Å². The number of hydrogen-bond acceptors (Lipinski definition) is 5. The van der Waals surface area contributed by atoms with Crippen LogP contribution in [0.5, 0.6) is 0 Å². The Morgan fingerprint density at radius 1 is 1.53 bits per heavy atom. The Kier molecular flexibility index (Phi) is 3.66. The molecular weight excluding hydrogens is 274 g/mol. The summed E-state index contributed by atoms with van der Waals surface area (Å²) in [5.41, 5.74) is -0.519. The second kappa shape index (κ2) is 4.95. The van der Waals surface area contributed by atoms with Gasteiger partial charge in [0.05, 0.1) is 5.60 Å². The number of aromatic carboxylic acids is 1. The maximum atomic E-state index is 11.9. The Hall–Kier alpha value is -1.38. The van der Waals surface area contributed by atoms with Gasteiger partial charge in [-0.15, -0.1) is 0 Å². The predicted octanol–water partition coefficient (Wildman–Crippen LogP) is 0.825. The number of carboxylic acid groups (broad SMARTS) is 1. The SMILES string of the molecule is CC1(CNS(=O)(=O)c2ccc(C(=O)O)o2)CCCO1. The van der Waals surface area contributed by atoms with Gasteiger partial charge in [-0.3, -0.25) is 0 Å². The first-order chi connectivity index (χ1) is 8.82. The summed E-state index contributed by atoms with van der Waals surface area (Å²) in [6.45, 7) is 2.56. The second-order valence-corrected chi connectivity index (χ2v) is 6.35. The average molecular weight is 289 g/mol. The van der Waals surface area contributed by atoms with Crippen LogP contribution in [-0.4, -0.2) is 38.2 Å². The van der Waals surface area contributed by atoms with Crippen molar-refractivity contribution < 1.29 is 27.5 Å². The fourth-order valence-corrected chi connectivity index (χ4v) is 2.96. The minimum atomic E-state index is -3.86. The van der Waals surface area contributed by atoms with Crippen molar-refractivity contribution in [3.05, 3.63) is 17.9 Å².